The summed E-state index contributed by atoms with van der Waals surface area (Å²) >= 11 is 7.70. The molecule has 0 radical (unpaired) electrons. The van der Waals surface area contributed by atoms with E-state index in [4.69, 9.17) is 25.8 Å². The number of nitrogens with zero attached hydrogens (tertiary/aromatic N) is 2. The average Bonchev–Trinajstić information content (AvgIpc) is 3.14. The number of benzene rings is 2. The van der Waals surface area contributed by atoms with Crippen molar-refractivity contribution in [3.63, 3.8) is 0 Å². The molecular formula is C26H23ClN2O6S. The van der Waals surface area contributed by atoms with Crippen molar-refractivity contribution < 1.29 is 23.8 Å². The van der Waals surface area contributed by atoms with E-state index in [1.54, 1.807) is 61.5 Å². The van der Waals surface area contributed by atoms with Crippen LogP contribution in [0.3, 0.4) is 0 Å². The number of hydrogen-bond acceptors (Lipinski definition) is 8. The topological polar surface area (TPSA) is 96.2 Å². The highest BCUT2D eigenvalue weighted by molar-refractivity contribution is 7.07. The highest BCUT2D eigenvalue weighted by atomic mass is 35.5. The van der Waals surface area contributed by atoms with Gasteiger partial charge in [0.05, 0.1) is 22.4 Å². The van der Waals surface area contributed by atoms with Gasteiger partial charge in [0, 0.05) is 24.6 Å². The van der Waals surface area contributed by atoms with E-state index >= 15 is 0 Å². The van der Waals surface area contributed by atoms with E-state index in [0.717, 1.165) is 0 Å². The molecule has 4 rings (SSSR count). The van der Waals surface area contributed by atoms with Crippen molar-refractivity contribution in [1.29, 1.82) is 0 Å². The quantitative estimate of drug-likeness (QED) is 0.267. The molecule has 0 N–H and O–H groups in total. The van der Waals surface area contributed by atoms with Gasteiger partial charge in [0.2, 0.25) is 0 Å². The molecule has 0 aliphatic carbocycles. The molecule has 2 aromatic carbocycles. The SMILES string of the molecule is COCCOC(=O)C1=C(C)N=c2s/c(=C\c3ccccc3OC(C)=O)c(=O)n2[C@@H]1c1ccccc1Cl. The van der Waals surface area contributed by atoms with Crippen molar-refractivity contribution in [2.24, 2.45) is 4.99 Å². The third-order valence-electron chi connectivity index (χ3n) is 5.42. The molecular weight excluding hydrogens is 504 g/mol. The maximum Gasteiger partial charge on any atom is 0.338 e. The van der Waals surface area contributed by atoms with Gasteiger partial charge in [0.1, 0.15) is 18.4 Å². The number of methoxy groups -OCH3 is 1. The zero-order valence-corrected chi connectivity index (χ0v) is 21.4. The standard InChI is InChI=1S/C26H23ClN2O6S/c1-15-22(25(32)34-13-12-33-3)23(18-9-5-6-10-19(18)27)29-24(31)21(36-26(29)28-15)14-17-8-4-7-11-20(17)35-16(2)30/h4-11,14,23H,12-13H2,1-3H3/b21-14-/t23-/m1/s1. The Balaban J connectivity index is 1.91. The van der Waals surface area contributed by atoms with E-state index in [1.807, 2.05) is 0 Å². The average molecular weight is 527 g/mol. The predicted octanol–water partition coefficient (Wildman–Crippen LogP) is 3.00. The van der Waals surface area contributed by atoms with Crippen molar-refractivity contribution in [3.8, 4) is 5.75 Å². The Morgan fingerprint density at radius 1 is 1.14 bits per heavy atom. The van der Waals surface area contributed by atoms with E-state index in [-0.39, 0.29) is 24.3 Å². The van der Waals surface area contributed by atoms with E-state index in [2.05, 4.69) is 4.99 Å². The van der Waals surface area contributed by atoms with E-state index in [9.17, 15) is 14.4 Å². The summed E-state index contributed by atoms with van der Waals surface area (Å²) in [6, 6.07) is 13.1. The fourth-order valence-corrected chi connectivity index (χ4v) is 5.13. The van der Waals surface area contributed by atoms with E-state index in [1.165, 1.54) is 29.9 Å². The van der Waals surface area contributed by atoms with E-state index in [0.29, 0.717) is 36.9 Å². The van der Waals surface area contributed by atoms with Crippen LogP contribution >= 0.6 is 22.9 Å². The van der Waals surface area contributed by atoms with Gasteiger partial charge in [0.15, 0.2) is 4.80 Å². The molecule has 1 atom stereocenters. The first-order valence-electron chi connectivity index (χ1n) is 11.0. The number of hydrogen-bond donors (Lipinski definition) is 0. The van der Waals surface area contributed by atoms with Crippen LogP contribution in [0.5, 0.6) is 5.75 Å². The molecule has 36 heavy (non-hydrogen) atoms. The number of allylic oxidation sites excluding steroid dienone is 1. The summed E-state index contributed by atoms with van der Waals surface area (Å²) in [5.41, 5.74) is 1.41. The number of esters is 2. The number of aromatic nitrogens is 1. The smallest absolute Gasteiger partial charge is 0.338 e. The van der Waals surface area contributed by atoms with Crippen LogP contribution < -0.4 is 19.6 Å². The van der Waals surface area contributed by atoms with Crippen LogP contribution in [0.1, 0.15) is 31.0 Å². The first kappa shape index (κ1) is 25.6. The normalized spacial score (nSPS) is 15.3. The van der Waals surface area contributed by atoms with Crippen molar-refractivity contribution in [1.82, 2.24) is 4.57 Å². The number of thiazole rings is 1. The van der Waals surface area contributed by atoms with Crippen LogP contribution in [0.25, 0.3) is 6.08 Å². The molecule has 0 fully saturated rings. The summed E-state index contributed by atoms with van der Waals surface area (Å²) < 4.78 is 17.5. The molecule has 1 aromatic heterocycles. The van der Waals surface area contributed by atoms with E-state index < -0.39 is 18.0 Å². The van der Waals surface area contributed by atoms with Crippen LogP contribution in [-0.4, -0.2) is 36.8 Å². The van der Waals surface area contributed by atoms with Gasteiger partial charge in [0.25, 0.3) is 5.56 Å². The second-order valence-electron chi connectivity index (χ2n) is 7.86. The third kappa shape index (κ3) is 5.18. The van der Waals surface area contributed by atoms with Crippen molar-refractivity contribution in [2.75, 3.05) is 20.3 Å². The van der Waals surface area contributed by atoms with Crippen LogP contribution in [0.15, 0.2) is 69.6 Å². The Bertz CT molecular complexity index is 1540. The second-order valence-corrected chi connectivity index (χ2v) is 9.28. The van der Waals surface area contributed by atoms with Gasteiger partial charge < -0.3 is 14.2 Å². The zero-order valence-electron chi connectivity index (χ0n) is 19.8. The summed E-state index contributed by atoms with van der Waals surface area (Å²) in [6.07, 6.45) is 1.64. The lowest BCUT2D eigenvalue weighted by atomic mass is 9.96. The van der Waals surface area contributed by atoms with Gasteiger partial charge in [-0.1, -0.05) is 59.3 Å². The highest BCUT2D eigenvalue weighted by Gasteiger charge is 2.34. The second kappa shape index (κ2) is 11.0. The van der Waals surface area contributed by atoms with Crippen molar-refractivity contribution >= 4 is 41.0 Å². The predicted molar refractivity (Wildman–Crippen MR) is 136 cm³/mol. The van der Waals surface area contributed by atoms with Crippen molar-refractivity contribution in [2.45, 2.75) is 19.9 Å². The fraction of sp³-hybridized carbons (Fsp3) is 0.231. The fourth-order valence-electron chi connectivity index (χ4n) is 3.86. The minimum atomic E-state index is -0.837. The Kier molecular flexibility index (Phi) is 7.83. The monoisotopic (exact) mass is 526 g/mol. The molecule has 3 aromatic rings. The van der Waals surface area contributed by atoms with Gasteiger partial charge in [-0.25, -0.2) is 9.79 Å². The number of para-hydroxylation sites is 1. The molecule has 0 spiro atoms. The number of fused-ring (bicyclic) bond motifs is 1. The van der Waals surface area contributed by atoms with Crippen molar-refractivity contribution in [3.05, 3.63) is 95.6 Å². The molecule has 0 unspecified atom stereocenters. The Morgan fingerprint density at radius 2 is 1.86 bits per heavy atom. The number of carbonyl (C=O) groups excluding carboxylic acids is 2. The molecule has 8 nitrogen and oxygen atoms in total. The molecule has 0 saturated heterocycles. The van der Waals surface area contributed by atoms with Gasteiger partial charge in [-0.15, -0.1) is 0 Å². The first-order valence-corrected chi connectivity index (χ1v) is 12.2. The summed E-state index contributed by atoms with van der Waals surface area (Å²) in [5, 5.41) is 0.397. The van der Waals surface area contributed by atoms with Crippen LogP contribution in [0.2, 0.25) is 5.02 Å². The molecule has 10 heteroatoms. The molecule has 1 aliphatic heterocycles. The summed E-state index contributed by atoms with van der Waals surface area (Å²) in [7, 11) is 1.51. The molecule has 1 aliphatic rings. The van der Waals surface area contributed by atoms with Gasteiger partial charge in [-0.2, -0.15) is 0 Å². The zero-order chi connectivity index (χ0) is 25.8. The largest absolute Gasteiger partial charge is 0.460 e. The summed E-state index contributed by atoms with van der Waals surface area (Å²) in [5.74, 6) is -0.743. The molecule has 0 saturated carbocycles. The van der Waals surface area contributed by atoms with Gasteiger partial charge in [-0.05, 0) is 30.7 Å². The lowest BCUT2D eigenvalue weighted by Crippen LogP contribution is -2.40. The Labute approximate surface area is 215 Å². The summed E-state index contributed by atoms with van der Waals surface area (Å²) in [4.78, 5) is 43.3. The molecule has 0 amide bonds. The number of halogens is 1. The van der Waals surface area contributed by atoms with Gasteiger partial charge in [-0.3, -0.25) is 14.2 Å². The Hall–Kier alpha value is -3.53. The summed E-state index contributed by atoms with van der Waals surface area (Å²) in [6.45, 7) is 3.29. The number of carbonyl (C=O) groups is 2. The minimum Gasteiger partial charge on any atom is -0.460 e. The Morgan fingerprint density at radius 3 is 2.58 bits per heavy atom. The lowest BCUT2D eigenvalue weighted by molar-refractivity contribution is -0.140. The van der Waals surface area contributed by atoms with Crippen LogP contribution in [0.4, 0.5) is 0 Å². The molecule has 2 heterocycles. The number of ether oxygens (including phenoxy) is 3. The van der Waals surface area contributed by atoms with Gasteiger partial charge >= 0.3 is 11.9 Å². The third-order valence-corrected chi connectivity index (χ3v) is 6.75. The maximum atomic E-state index is 13.7. The number of rotatable bonds is 7. The first-order chi connectivity index (χ1) is 17.3. The molecule has 186 valence electrons. The van der Waals surface area contributed by atoms with Crippen LogP contribution in [-0.2, 0) is 19.1 Å². The lowest BCUT2D eigenvalue weighted by Gasteiger charge is -2.25. The maximum absolute atomic E-state index is 13.7. The molecule has 0 bridgehead atoms. The highest BCUT2D eigenvalue weighted by Crippen LogP contribution is 2.34. The van der Waals surface area contributed by atoms with Crippen LogP contribution in [0, 0.1) is 0 Å². The minimum absolute atomic E-state index is 0.0543.